The third-order valence-corrected chi connectivity index (χ3v) is 2.93. The second kappa shape index (κ2) is 5.46. The summed E-state index contributed by atoms with van der Waals surface area (Å²) in [5, 5.41) is 2.81. The number of amides is 1. The first-order valence-corrected chi connectivity index (χ1v) is 6.11. The van der Waals surface area contributed by atoms with E-state index in [0.29, 0.717) is 10.2 Å². The van der Waals surface area contributed by atoms with E-state index in [1.807, 2.05) is 0 Å². The van der Waals surface area contributed by atoms with Crippen LogP contribution in [0.3, 0.4) is 0 Å². The van der Waals surface area contributed by atoms with Gasteiger partial charge in [-0.15, -0.1) is 0 Å². The van der Waals surface area contributed by atoms with E-state index in [-0.39, 0.29) is 16.6 Å². The Morgan fingerprint density at radius 3 is 2.83 bits per heavy atom. The van der Waals surface area contributed by atoms with Gasteiger partial charge in [-0.05, 0) is 46.3 Å². The maximum absolute atomic E-state index is 13.0. The van der Waals surface area contributed by atoms with Gasteiger partial charge < -0.3 is 5.32 Å². The first-order valence-electron chi connectivity index (χ1n) is 4.94. The van der Waals surface area contributed by atoms with Gasteiger partial charge in [0, 0.05) is 11.8 Å². The third kappa shape index (κ3) is 3.05. The van der Waals surface area contributed by atoms with Crippen molar-refractivity contribution in [2.75, 3.05) is 5.32 Å². The second-order valence-corrected chi connectivity index (χ2v) is 4.67. The minimum absolute atomic E-state index is 0.231. The number of pyridine rings is 1. The van der Waals surface area contributed by atoms with Crippen molar-refractivity contribution in [2.24, 2.45) is 0 Å². The standard InChI is InChI=1S/C12H7BrClFN2O/c13-11-5-7(3-4-16-11)12(18)17-10-6-8(15)1-2-9(10)14/h1-6H,(H,17,18). The summed E-state index contributed by atoms with van der Waals surface area (Å²) in [7, 11) is 0. The molecule has 1 aromatic heterocycles. The summed E-state index contributed by atoms with van der Waals surface area (Å²) >= 11 is 9.02. The zero-order chi connectivity index (χ0) is 13.1. The molecule has 0 bridgehead atoms. The van der Waals surface area contributed by atoms with Gasteiger partial charge in [0.1, 0.15) is 10.4 Å². The van der Waals surface area contributed by atoms with Gasteiger partial charge >= 0.3 is 0 Å². The summed E-state index contributed by atoms with van der Waals surface area (Å²) < 4.78 is 13.6. The Bertz CT molecular complexity index is 606. The van der Waals surface area contributed by atoms with Crippen LogP contribution in [-0.4, -0.2) is 10.9 Å². The van der Waals surface area contributed by atoms with Crippen molar-refractivity contribution >= 4 is 39.1 Å². The first kappa shape index (κ1) is 13.0. The van der Waals surface area contributed by atoms with Crippen molar-refractivity contribution in [2.45, 2.75) is 0 Å². The summed E-state index contributed by atoms with van der Waals surface area (Å²) in [6, 6.07) is 6.88. The lowest BCUT2D eigenvalue weighted by Gasteiger charge is -2.07. The minimum atomic E-state index is -0.467. The van der Waals surface area contributed by atoms with E-state index >= 15 is 0 Å². The quantitative estimate of drug-likeness (QED) is 0.849. The van der Waals surface area contributed by atoms with Crippen LogP contribution < -0.4 is 5.32 Å². The van der Waals surface area contributed by atoms with E-state index in [1.165, 1.54) is 18.3 Å². The smallest absolute Gasteiger partial charge is 0.255 e. The monoisotopic (exact) mass is 328 g/mol. The first-order chi connectivity index (χ1) is 8.56. The molecule has 18 heavy (non-hydrogen) atoms. The van der Waals surface area contributed by atoms with Crippen LogP contribution in [-0.2, 0) is 0 Å². The van der Waals surface area contributed by atoms with Crippen molar-refractivity contribution in [3.05, 3.63) is 57.5 Å². The predicted molar refractivity (Wildman–Crippen MR) is 71.3 cm³/mol. The number of hydrogen-bond donors (Lipinski definition) is 1. The molecule has 1 heterocycles. The number of carbonyl (C=O) groups is 1. The zero-order valence-electron chi connectivity index (χ0n) is 8.95. The van der Waals surface area contributed by atoms with Crippen LogP contribution in [0.15, 0.2) is 41.1 Å². The average molecular weight is 330 g/mol. The summed E-state index contributed by atoms with van der Waals surface area (Å²) in [5.74, 6) is -0.851. The summed E-state index contributed by atoms with van der Waals surface area (Å²) in [6.07, 6.45) is 1.49. The highest BCUT2D eigenvalue weighted by atomic mass is 79.9. The Labute approximate surface area is 116 Å². The zero-order valence-corrected chi connectivity index (χ0v) is 11.3. The molecule has 2 rings (SSSR count). The molecule has 0 saturated heterocycles. The van der Waals surface area contributed by atoms with Crippen LogP contribution in [0.1, 0.15) is 10.4 Å². The third-order valence-electron chi connectivity index (χ3n) is 2.17. The molecule has 0 aliphatic heterocycles. The maximum Gasteiger partial charge on any atom is 0.255 e. The fraction of sp³-hybridized carbons (Fsp3) is 0. The molecular formula is C12H7BrClFN2O. The molecule has 1 N–H and O–H groups in total. The number of nitrogens with zero attached hydrogens (tertiary/aromatic N) is 1. The molecule has 0 aliphatic carbocycles. The van der Waals surface area contributed by atoms with Crippen molar-refractivity contribution < 1.29 is 9.18 Å². The summed E-state index contributed by atoms with van der Waals surface area (Å²) in [5.41, 5.74) is 0.631. The normalized spacial score (nSPS) is 10.2. The minimum Gasteiger partial charge on any atom is -0.321 e. The van der Waals surface area contributed by atoms with Gasteiger partial charge in [-0.1, -0.05) is 11.6 Å². The SMILES string of the molecule is O=C(Nc1cc(F)ccc1Cl)c1ccnc(Br)c1. The molecule has 0 saturated carbocycles. The lowest BCUT2D eigenvalue weighted by atomic mass is 10.2. The van der Waals surface area contributed by atoms with E-state index < -0.39 is 5.82 Å². The Kier molecular flexibility index (Phi) is 3.93. The fourth-order valence-corrected chi connectivity index (χ4v) is 1.86. The van der Waals surface area contributed by atoms with Gasteiger partial charge in [-0.3, -0.25) is 4.79 Å². The number of hydrogen-bond acceptors (Lipinski definition) is 2. The van der Waals surface area contributed by atoms with Crippen molar-refractivity contribution in [1.29, 1.82) is 0 Å². The highest BCUT2D eigenvalue weighted by Gasteiger charge is 2.09. The van der Waals surface area contributed by atoms with Crippen molar-refractivity contribution in [3.8, 4) is 0 Å². The Balaban J connectivity index is 2.24. The van der Waals surface area contributed by atoms with Gasteiger partial charge in [0.2, 0.25) is 0 Å². The second-order valence-electron chi connectivity index (χ2n) is 3.45. The number of nitrogens with one attached hydrogen (secondary N) is 1. The van der Waals surface area contributed by atoms with Crippen LogP contribution >= 0.6 is 27.5 Å². The molecule has 6 heteroatoms. The lowest BCUT2D eigenvalue weighted by Crippen LogP contribution is -2.12. The molecule has 1 aromatic carbocycles. The lowest BCUT2D eigenvalue weighted by molar-refractivity contribution is 0.102. The number of halogens is 3. The van der Waals surface area contributed by atoms with Crippen molar-refractivity contribution in [3.63, 3.8) is 0 Å². The Morgan fingerprint density at radius 1 is 1.33 bits per heavy atom. The van der Waals surface area contributed by atoms with Gasteiger partial charge in [-0.25, -0.2) is 9.37 Å². The molecule has 1 amide bonds. The highest BCUT2D eigenvalue weighted by molar-refractivity contribution is 9.10. The highest BCUT2D eigenvalue weighted by Crippen LogP contribution is 2.23. The average Bonchev–Trinajstić information content (AvgIpc) is 2.34. The van der Waals surface area contributed by atoms with Gasteiger partial charge in [0.15, 0.2) is 0 Å². The van der Waals surface area contributed by atoms with E-state index in [4.69, 9.17) is 11.6 Å². The van der Waals surface area contributed by atoms with Crippen LogP contribution in [0.25, 0.3) is 0 Å². The van der Waals surface area contributed by atoms with Crippen LogP contribution in [0.5, 0.6) is 0 Å². The number of carbonyl (C=O) groups excluding carboxylic acids is 1. The van der Waals surface area contributed by atoms with Gasteiger partial charge in [-0.2, -0.15) is 0 Å². The Morgan fingerprint density at radius 2 is 2.11 bits per heavy atom. The molecular weight excluding hydrogens is 322 g/mol. The van der Waals surface area contributed by atoms with Crippen LogP contribution in [0, 0.1) is 5.82 Å². The molecule has 0 fully saturated rings. The van der Waals surface area contributed by atoms with Crippen LogP contribution in [0.2, 0.25) is 5.02 Å². The summed E-state index contributed by atoms with van der Waals surface area (Å²) in [4.78, 5) is 15.8. The van der Waals surface area contributed by atoms with Crippen LogP contribution in [0.4, 0.5) is 10.1 Å². The van der Waals surface area contributed by atoms with Crippen molar-refractivity contribution in [1.82, 2.24) is 4.98 Å². The largest absolute Gasteiger partial charge is 0.321 e. The molecule has 0 aliphatic rings. The molecule has 0 spiro atoms. The Hall–Kier alpha value is -1.46. The number of benzene rings is 1. The predicted octanol–water partition coefficient (Wildman–Crippen LogP) is 3.89. The molecule has 92 valence electrons. The number of aromatic nitrogens is 1. The van der Waals surface area contributed by atoms with E-state index in [0.717, 1.165) is 6.07 Å². The van der Waals surface area contributed by atoms with Gasteiger partial charge in [0.05, 0.1) is 10.7 Å². The molecule has 0 atom stereocenters. The molecule has 0 radical (unpaired) electrons. The van der Waals surface area contributed by atoms with E-state index in [2.05, 4.69) is 26.2 Å². The molecule has 0 unspecified atom stereocenters. The molecule has 2 aromatic rings. The van der Waals surface area contributed by atoms with E-state index in [1.54, 1.807) is 12.1 Å². The van der Waals surface area contributed by atoms with Gasteiger partial charge in [0.25, 0.3) is 5.91 Å². The fourth-order valence-electron chi connectivity index (χ4n) is 1.33. The topological polar surface area (TPSA) is 42.0 Å². The molecule has 3 nitrogen and oxygen atoms in total. The number of anilines is 1. The summed E-state index contributed by atoms with van der Waals surface area (Å²) in [6.45, 7) is 0. The maximum atomic E-state index is 13.0. The van der Waals surface area contributed by atoms with E-state index in [9.17, 15) is 9.18 Å². The number of rotatable bonds is 2.